The molecule has 0 saturated heterocycles. The number of hydrogen-bond acceptors (Lipinski definition) is 0. The summed E-state index contributed by atoms with van der Waals surface area (Å²) in [6, 6.07) is 0. The molecule has 0 N–H and O–H groups in total. The lowest BCUT2D eigenvalue weighted by molar-refractivity contribution is 0.599. The molecule has 0 atom stereocenters. The van der Waals surface area contributed by atoms with Gasteiger partial charge in [-0.2, -0.15) is 0 Å². The Morgan fingerprint density at radius 2 is 0.588 bits per heavy atom. The van der Waals surface area contributed by atoms with E-state index in [2.05, 4.69) is 31.9 Å². The van der Waals surface area contributed by atoms with E-state index in [0.29, 0.717) is 0 Å². The fourth-order valence-electron chi connectivity index (χ4n) is 0.553. The molecule has 0 spiro atoms. The first-order chi connectivity index (χ1) is 7.00. The smallest absolute Gasteiger partial charge is 0.0946 e. The van der Waals surface area contributed by atoms with Crippen LogP contribution in [0.1, 0.15) is 0 Å². The molecule has 0 aromatic heterocycles. The van der Waals surface area contributed by atoms with E-state index in [-0.39, 0.29) is 0 Å². The van der Waals surface area contributed by atoms with Crippen LogP contribution in [0.4, 0.5) is 0 Å². The third kappa shape index (κ3) is 3.99. The van der Waals surface area contributed by atoms with Crippen molar-refractivity contribution in [3.05, 3.63) is 0 Å². The first-order valence-corrected chi connectivity index (χ1v) is 8.63. The van der Waals surface area contributed by atoms with Gasteiger partial charge < -0.3 is 0 Å². The molecule has 0 radical (unpaired) electrons. The summed E-state index contributed by atoms with van der Waals surface area (Å²) >= 11 is 63.7. The van der Waals surface area contributed by atoms with Crippen molar-refractivity contribution in [2.24, 2.45) is 0 Å². The van der Waals surface area contributed by atoms with E-state index in [0.717, 1.165) is 0 Å². The van der Waals surface area contributed by atoms with Crippen molar-refractivity contribution < 1.29 is 0 Å². The molecule has 0 aliphatic heterocycles. The van der Waals surface area contributed by atoms with Crippen LogP contribution in [0.2, 0.25) is 0 Å². The van der Waals surface area contributed by atoms with Gasteiger partial charge >= 0.3 is 0 Å². The maximum atomic E-state index is 5.93. The van der Waals surface area contributed by atoms with Gasteiger partial charge in [0.15, 0.2) is 13.0 Å². The highest BCUT2D eigenvalue weighted by atomic mass is 79.9. The van der Waals surface area contributed by atoms with Gasteiger partial charge in [-0.15, -0.1) is 0 Å². The van der Waals surface area contributed by atoms with E-state index >= 15 is 0 Å². The maximum Gasteiger partial charge on any atom is 0.207 e. The molecule has 12 heteroatoms. The molecule has 0 bridgehead atoms. The van der Waals surface area contributed by atoms with Crippen LogP contribution >= 0.6 is 148 Å². The van der Waals surface area contributed by atoms with Crippen molar-refractivity contribution in [1.82, 2.24) is 0 Å². The molecule has 0 fully saturated rings. The van der Waals surface area contributed by atoms with Crippen molar-refractivity contribution in [3.8, 4) is 0 Å². The van der Waals surface area contributed by atoms with Crippen LogP contribution in [0.15, 0.2) is 0 Å². The third-order valence-electron chi connectivity index (χ3n) is 1.50. The fraction of sp³-hybridized carbons (Fsp3) is 1.00. The van der Waals surface area contributed by atoms with E-state index in [1.54, 1.807) is 0 Å². The lowest BCUT2D eigenvalue weighted by Crippen LogP contribution is -2.60. The third-order valence-corrected chi connectivity index (χ3v) is 9.69. The van der Waals surface area contributed by atoms with Gasteiger partial charge in [-0.05, 0) is 31.9 Å². The molecule has 17 heavy (non-hydrogen) atoms. The molecular formula is C5Br2Cl10. The molecule has 0 heterocycles. The normalized spacial score (nSPS) is 16.2. The summed E-state index contributed by atoms with van der Waals surface area (Å²) in [5.41, 5.74) is 0. The second kappa shape index (κ2) is 6.16. The molecule has 0 aromatic rings. The van der Waals surface area contributed by atoms with Gasteiger partial charge in [0.05, 0.1) is 0 Å². The fourth-order valence-corrected chi connectivity index (χ4v) is 3.89. The molecule has 0 unspecified atom stereocenters. The minimum Gasteiger partial charge on any atom is -0.0946 e. The Hall–Kier alpha value is 3.86. The topological polar surface area (TPSA) is 0 Å². The summed E-state index contributed by atoms with van der Waals surface area (Å²) in [5.74, 6) is 0. The lowest BCUT2D eigenvalue weighted by Gasteiger charge is -2.46. The minimum atomic E-state index is -2.35. The van der Waals surface area contributed by atoms with E-state index < -0.39 is 19.5 Å². The quantitative estimate of drug-likeness (QED) is 0.304. The van der Waals surface area contributed by atoms with Crippen LogP contribution < -0.4 is 0 Å². The maximum absolute atomic E-state index is 5.93. The molecule has 0 rings (SSSR count). The van der Waals surface area contributed by atoms with Crippen LogP contribution in [-0.4, -0.2) is 19.5 Å². The van der Waals surface area contributed by atoms with Crippen molar-refractivity contribution in [2.45, 2.75) is 19.5 Å². The average molecular weight is 574 g/mol. The molecule has 0 nitrogen and oxygen atoms in total. The average Bonchev–Trinajstić information content (AvgIpc) is 1.98. The van der Waals surface area contributed by atoms with E-state index in [9.17, 15) is 0 Å². The molecule has 0 aliphatic rings. The summed E-state index contributed by atoms with van der Waals surface area (Å²) in [6.07, 6.45) is 0. The second-order valence-corrected chi connectivity index (χ2v) is 13.6. The first kappa shape index (κ1) is 20.9. The van der Waals surface area contributed by atoms with Gasteiger partial charge in [0.25, 0.3) is 0 Å². The number of halogens is 12. The zero-order valence-corrected chi connectivity index (χ0v) is 17.8. The molecule has 0 saturated carbocycles. The van der Waals surface area contributed by atoms with Crippen LogP contribution in [0.25, 0.3) is 0 Å². The van der Waals surface area contributed by atoms with Crippen molar-refractivity contribution >= 4 is 148 Å². The molecular weight excluding hydrogens is 574 g/mol. The van der Waals surface area contributed by atoms with Gasteiger partial charge in [-0.25, -0.2) is 0 Å². The zero-order chi connectivity index (χ0) is 14.5. The number of rotatable bonds is 4. The van der Waals surface area contributed by atoms with E-state index in [1.165, 1.54) is 0 Å². The Bertz CT molecular complexity index is 258. The van der Waals surface area contributed by atoms with Gasteiger partial charge in [0.1, 0.15) is 0 Å². The minimum absolute atomic E-state index is 1.98. The number of alkyl halides is 12. The molecule has 0 aromatic carbocycles. The van der Waals surface area contributed by atoms with Crippen LogP contribution in [0.5, 0.6) is 0 Å². The highest BCUT2D eigenvalue weighted by Crippen LogP contribution is 2.67. The van der Waals surface area contributed by atoms with Crippen molar-refractivity contribution in [1.29, 1.82) is 0 Å². The Labute approximate surface area is 165 Å². The predicted molar refractivity (Wildman–Crippen MR) is 90.0 cm³/mol. The summed E-state index contributed by atoms with van der Waals surface area (Å²) in [7, 11) is 0. The van der Waals surface area contributed by atoms with Gasteiger partial charge in [-0.3, -0.25) is 0 Å². The lowest BCUT2D eigenvalue weighted by atomic mass is 10.2. The Morgan fingerprint density at radius 1 is 0.412 bits per heavy atom. The van der Waals surface area contributed by atoms with Gasteiger partial charge in [-0.1, -0.05) is 116 Å². The van der Waals surface area contributed by atoms with Crippen molar-refractivity contribution in [2.75, 3.05) is 0 Å². The highest BCUT2D eigenvalue weighted by molar-refractivity contribution is 9.11. The summed E-state index contributed by atoms with van der Waals surface area (Å²) < 4.78 is -10.8. The predicted octanol–water partition coefficient (Wildman–Crippen LogP) is 7.56. The standard InChI is InChI=1S/C5Br2Cl10/c6-4(14,15)2(10,11)1(8,9)3(12,13)5(7,16)17. The second-order valence-electron chi connectivity index (χ2n) is 2.72. The molecule has 0 amide bonds. The Kier molecular flexibility index (Phi) is 7.56. The van der Waals surface area contributed by atoms with Crippen LogP contribution in [-0.2, 0) is 0 Å². The Balaban J connectivity index is 5.73. The SMILES string of the molecule is ClC(Cl)(Br)C(Cl)(Cl)C(Cl)(Cl)C(Cl)(Cl)C(Cl)(Cl)Br. The first-order valence-electron chi connectivity index (χ1n) is 3.27. The Morgan fingerprint density at radius 3 is 0.706 bits per heavy atom. The van der Waals surface area contributed by atoms with Gasteiger partial charge in [0, 0.05) is 0 Å². The van der Waals surface area contributed by atoms with E-state index in [4.69, 9.17) is 116 Å². The summed E-state index contributed by atoms with van der Waals surface area (Å²) in [4.78, 5) is 0. The van der Waals surface area contributed by atoms with E-state index in [1.807, 2.05) is 0 Å². The summed E-state index contributed by atoms with van der Waals surface area (Å²) in [6.45, 7) is 0. The van der Waals surface area contributed by atoms with Crippen LogP contribution in [0.3, 0.4) is 0 Å². The molecule has 104 valence electrons. The monoisotopic (exact) mass is 568 g/mol. The van der Waals surface area contributed by atoms with Crippen LogP contribution in [0, 0.1) is 0 Å². The van der Waals surface area contributed by atoms with Crippen molar-refractivity contribution in [3.63, 3.8) is 0 Å². The largest absolute Gasteiger partial charge is 0.207 e. The molecule has 0 aliphatic carbocycles. The number of hydrogen-bond donors (Lipinski definition) is 0. The summed E-state index contributed by atoms with van der Waals surface area (Å²) in [5, 5.41) is 0. The zero-order valence-electron chi connectivity index (χ0n) is 7.04. The van der Waals surface area contributed by atoms with Gasteiger partial charge in [0.2, 0.25) is 6.49 Å². The highest BCUT2D eigenvalue weighted by Gasteiger charge is 2.72.